The highest BCUT2D eigenvalue weighted by molar-refractivity contribution is 4.83. The summed E-state index contributed by atoms with van der Waals surface area (Å²) < 4.78 is 0. The lowest BCUT2D eigenvalue weighted by Crippen LogP contribution is -2.40. The van der Waals surface area contributed by atoms with E-state index in [1.54, 1.807) is 0 Å². The van der Waals surface area contributed by atoms with E-state index in [2.05, 4.69) is 27.7 Å². The maximum atomic E-state index is 9.32. The van der Waals surface area contributed by atoms with E-state index in [1.807, 2.05) is 0 Å². The number of hydrogen-bond acceptors (Lipinski definition) is 2. The first kappa shape index (κ1) is 11.9. The van der Waals surface area contributed by atoms with E-state index < -0.39 is 0 Å². The van der Waals surface area contributed by atoms with Gasteiger partial charge in [-0.1, -0.05) is 27.7 Å². The van der Waals surface area contributed by atoms with Crippen molar-refractivity contribution in [1.29, 1.82) is 0 Å². The molecular formula is C10H23NO. The fraction of sp³-hybridized carbons (Fsp3) is 1.00. The van der Waals surface area contributed by atoms with E-state index in [0.717, 1.165) is 6.42 Å². The third-order valence-corrected chi connectivity index (χ3v) is 2.76. The van der Waals surface area contributed by atoms with Gasteiger partial charge in [0.1, 0.15) is 0 Å². The lowest BCUT2D eigenvalue weighted by Gasteiger charge is -2.36. The fourth-order valence-corrected chi connectivity index (χ4v) is 1.68. The van der Waals surface area contributed by atoms with Crippen molar-refractivity contribution >= 4 is 0 Å². The molecule has 0 radical (unpaired) electrons. The molecule has 2 nitrogen and oxygen atoms in total. The molecule has 0 fully saturated rings. The summed E-state index contributed by atoms with van der Waals surface area (Å²) in [6.07, 6.45) is 1.01. The molecular weight excluding hydrogens is 150 g/mol. The van der Waals surface area contributed by atoms with Crippen LogP contribution in [-0.2, 0) is 0 Å². The molecule has 0 heterocycles. The second-order valence-electron chi connectivity index (χ2n) is 4.48. The van der Waals surface area contributed by atoms with Crippen molar-refractivity contribution < 1.29 is 5.11 Å². The Hall–Kier alpha value is -0.0800. The van der Waals surface area contributed by atoms with Crippen LogP contribution in [0.15, 0.2) is 0 Å². The third kappa shape index (κ3) is 2.76. The smallest absolute Gasteiger partial charge is 0.0502 e. The zero-order valence-corrected chi connectivity index (χ0v) is 8.80. The van der Waals surface area contributed by atoms with Crippen LogP contribution in [0.5, 0.6) is 0 Å². The van der Waals surface area contributed by atoms with Gasteiger partial charge < -0.3 is 10.8 Å². The summed E-state index contributed by atoms with van der Waals surface area (Å²) in [6.45, 7) is 9.39. The van der Waals surface area contributed by atoms with Crippen LogP contribution in [0.2, 0.25) is 0 Å². The molecule has 0 amide bonds. The Morgan fingerprint density at radius 3 is 1.83 bits per heavy atom. The molecule has 12 heavy (non-hydrogen) atoms. The lowest BCUT2D eigenvalue weighted by atomic mass is 9.72. The molecule has 0 aliphatic heterocycles. The van der Waals surface area contributed by atoms with Gasteiger partial charge in [-0.2, -0.15) is 0 Å². The van der Waals surface area contributed by atoms with Gasteiger partial charge in [0.05, 0.1) is 6.61 Å². The zero-order chi connectivity index (χ0) is 9.78. The quantitative estimate of drug-likeness (QED) is 0.663. The molecule has 0 aromatic carbocycles. The van der Waals surface area contributed by atoms with Gasteiger partial charge in [-0.25, -0.2) is 0 Å². The lowest BCUT2D eigenvalue weighted by molar-refractivity contribution is 0.0623. The molecule has 0 aromatic rings. The number of hydrogen-bond donors (Lipinski definition) is 2. The molecule has 0 rings (SSSR count). The Morgan fingerprint density at radius 1 is 1.25 bits per heavy atom. The Morgan fingerprint density at radius 2 is 1.75 bits per heavy atom. The number of aliphatic hydroxyl groups excluding tert-OH is 1. The van der Waals surface area contributed by atoms with Gasteiger partial charge in [0.15, 0.2) is 0 Å². The largest absolute Gasteiger partial charge is 0.396 e. The van der Waals surface area contributed by atoms with Gasteiger partial charge in [0, 0.05) is 12.0 Å². The molecule has 0 spiro atoms. The average molecular weight is 173 g/mol. The maximum absolute atomic E-state index is 9.32. The number of aliphatic hydroxyl groups is 1. The summed E-state index contributed by atoms with van der Waals surface area (Å²) >= 11 is 0. The minimum Gasteiger partial charge on any atom is -0.396 e. The maximum Gasteiger partial charge on any atom is 0.0502 e. The SMILES string of the molecule is CC(C)CC(CN)(CO)C(C)C. The van der Waals surface area contributed by atoms with Gasteiger partial charge in [0.25, 0.3) is 0 Å². The predicted octanol–water partition coefficient (Wildman–Crippen LogP) is 1.63. The molecule has 3 N–H and O–H groups in total. The van der Waals surface area contributed by atoms with E-state index in [0.29, 0.717) is 18.4 Å². The van der Waals surface area contributed by atoms with Gasteiger partial charge in [-0.15, -0.1) is 0 Å². The summed E-state index contributed by atoms with van der Waals surface area (Å²) in [5.41, 5.74) is 5.65. The van der Waals surface area contributed by atoms with Gasteiger partial charge in [-0.05, 0) is 18.3 Å². The molecule has 0 bridgehead atoms. The van der Waals surface area contributed by atoms with E-state index >= 15 is 0 Å². The van der Waals surface area contributed by atoms with Crippen LogP contribution in [0.4, 0.5) is 0 Å². The van der Waals surface area contributed by atoms with Crippen molar-refractivity contribution in [1.82, 2.24) is 0 Å². The third-order valence-electron chi connectivity index (χ3n) is 2.76. The van der Waals surface area contributed by atoms with Crippen LogP contribution in [0.3, 0.4) is 0 Å². The minimum atomic E-state index is -0.0613. The monoisotopic (exact) mass is 173 g/mol. The van der Waals surface area contributed by atoms with Gasteiger partial charge in [0.2, 0.25) is 0 Å². The summed E-state index contributed by atoms with van der Waals surface area (Å²) in [6, 6.07) is 0. The van der Waals surface area contributed by atoms with E-state index in [1.165, 1.54) is 0 Å². The minimum absolute atomic E-state index is 0.0613. The standard InChI is InChI=1S/C10H23NO/c1-8(2)5-10(6-11,7-12)9(3)4/h8-9,12H,5-7,11H2,1-4H3. The normalized spacial score (nSPS) is 17.0. The highest BCUT2D eigenvalue weighted by Gasteiger charge is 2.32. The Kier molecular flexibility index (Phi) is 4.80. The molecule has 74 valence electrons. The fourth-order valence-electron chi connectivity index (χ4n) is 1.68. The summed E-state index contributed by atoms with van der Waals surface area (Å²) in [4.78, 5) is 0. The Balaban J connectivity index is 4.35. The van der Waals surface area contributed by atoms with Crippen LogP contribution in [0.1, 0.15) is 34.1 Å². The van der Waals surface area contributed by atoms with Crippen LogP contribution in [0.25, 0.3) is 0 Å². The first-order chi connectivity index (χ1) is 5.48. The topological polar surface area (TPSA) is 46.2 Å². The predicted molar refractivity (Wildman–Crippen MR) is 52.9 cm³/mol. The van der Waals surface area contributed by atoms with Crippen molar-refractivity contribution in [2.45, 2.75) is 34.1 Å². The Labute approximate surface area is 76.2 Å². The zero-order valence-electron chi connectivity index (χ0n) is 8.80. The molecule has 2 heteroatoms. The van der Waals surface area contributed by atoms with E-state index in [4.69, 9.17) is 5.73 Å². The molecule has 0 saturated heterocycles. The highest BCUT2D eigenvalue weighted by Crippen LogP contribution is 2.32. The van der Waals surface area contributed by atoms with Gasteiger partial charge >= 0.3 is 0 Å². The van der Waals surface area contributed by atoms with Crippen LogP contribution >= 0.6 is 0 Å². The summed E-state index contributed by atoms with van der Waals surface area (Å²) in [5.74, 6) is 1.05. The summed E-state index contributed by atoms with van der Waals surface area (Å²) in [5, 5.41) is 9.32. The summed E-state index contributed by atoms with van der Waals surface area (Å²) in [7, 11) is 0. The van der Waals surface area contributed by atoms with Crippen molar-refractivity contribution in [3.8, 4) is 0 Å². The van der Waals surface area contributed by atoms with Crippen LogP contribution in [0, 0.1) is 17.3 Å². The second kappa shape index (κ2) is 4.83. The first-order valence-corrected chi connectivity index (χ1v) is 4.79. The van der Waals surface area contributed by atoms with E-state index in [9.17, 15) is 5.11 Å². The molecule has 0 aromatic heterocycles. The van der Waals surface area contributed by atoms with Gasteiger partial charge in [-0.3, -0.25) is 0 Å². The second-order valence-corrected chi connectivity index (χ2v) is 4.48. The highest BCUT2D eigenvalue weighted by atomic mass is 16.3. The van der Waals surface area contributed by atoms with Crippen molar-refractivity contribution in [3.63, 3.8) is 0 Å². The molecule has 0 saturated carbocycles. The molecule has 1 unspecified atom stereocenters. The molecule has 0 aliphatic rings. The molecule has 1 atom stereocenters. The molecule has 0 aliphatic carbocycles. The first-order valence-electron chi connectivity index (χ1n) is 4.79. The van der Waals surface area contributed by atoms with Crippen molar-refractivity contribution in [2.75, 3.05) is 13.2 Å². The van der Waals surface area contributed by atoms with Crippen LogP contribution < -0.4 is 5.73 Å². The average Bonchev–Trinajstić information content (AvgIpc) is 1.99. The Bertz CT molecular complexity index is 117. The van der Waals surface area contributed by atoms with Crippen LogP contribution in [-0.4, -0.2) is 18.3 Å². The van der Waals surface area contributed by atoms with Crippen molar-refractivity contribution in [2.24, 2.45) is 23.0 Å². The van der Waals surface area contributed by atoms with E-state index in [-0.39, 0.29) is 12.0 Å². The number of nitrogens with two attached hydrogens (primary N) is 1. The number of rotatable bonds is 5. The van der Waals surface area contributed by atoms with Crippen molar-refractivity contribution in [3.05, 3.63) is 0 Å².